The van der Waals surface area contributed by atoms with Crippen LogP contribution in [-0.4, -0.2) is 36.0 Å². The maximum absolute atomic E-state index is 12.3. The maximum Gasteiger partial charge on any atom is 0.240 e. The standard InChI is InChI=1S/C15H19ClN2O/c1-18-10-13(9-11-3-5-12(16)6-4-11)17-14(19)15(18)7-2-8-15/h3-6,13H,2,7-10H2,1H3,(H,17,19)/t13-/m0/s1. The lowest BCUT2D eigenvalue weighted by Crippen LogP contribution is -2.69. The Balaban J connectivity index is 1.67. The van der Waals surface area contributed by atoms with E-state index in [9.17, 15) is 4.79 Å². The molecule has 3 rings (SSSR count). The van der Waals surface area contributed by atoms with Gasteiger partial charge in [0.25, 0.3) is 0 Å². The number of carbonyl (C=O) groups is 1. The van der Waals surface area contributed by atoms with Crippen LogP contribution in [0.4, 0.5) is 0 Å². The summed E-state index contributed by atoms with van der Waals surface area (Å²) in [4.78, 5) is 14.5. The summed E-state index contributed by atoms with van der Waals surface area (Å²) in [5.41, 5.74) is 1.02. The van der Waals surface area contributed by atoms with Gasteiger partial charge in [-0.3, -0.25) is 9.69 Å². The molecule has 1 amide bonds. The molecule has 2 aliphatic rings. The molecular weight excluding hydrogens is 260 g/mol. The molecule has 0 radical (unpaired) electrons. The largest absolute Gasteiger partial charge is 0.350 e. The van der Waals surface area contributed by atoms with Crippen molar-refractivity contribution in [3.8, 4) is 0 Å². The molecule has 1 N–H and O–H groups in total. The Morgan fingerprint density at radius 2 is 2.05 bits per heavy atom. The molecule has 2 fully saturated rings. The Bertz CT molecular complexity index is 481. The topological polar surface area (TPSA) is 32.3 Å². The van der Waals surface area contributed by atoms with Crippen molar-refractivity contribution in [2.24, 2.45) is 0 Å². The van der Waals surface area contributed by atoms with E-state index in [2.05, 4.69) is 17.3 Å². The zero-order valence-corrected chi connectivity index (χ0v) is 11.9. The lowest BCUT2D eigenvalue weighted by atomic mass is 9.73. The van der Waals surface area contributed by atoms with Crippen molar-refractivity contribution in [2.45, 2.75) is 37.3 Å². The average molecular weight is 279 g/mol. The number of halogens is 1. The van der Waals surface area contributed by atoms with Crippen molar-refractivity contribution < 1.29 is 4.79 Å². The SMILES string of the molecule is CN1C[C@H](Cc2ccc(Cl)cc2)NC(=O)C12CCC2. The normalized spacial score (nSPS) is 26.0. The Hall–Kier alpha value is -1.06. The first kappa shape index (κ1) is 12.9. The molecule has 3 nitrogen and oxygen atoms in total. The van der Waals surface area contributed by atoms with E-state index < -0.39 is 0 Å². The molecule has 1 aliphatic heterocycles. The van der Waals surface area contributed by atoms with Crippen LogP contribution in [0.15, 0.2) is 24.3 Å². The summed E-state index contributed by atoms with van der Waals surface area (Å²) < 4.78 is 0. The van der Waals surface area contributed by atoms with Gasteiger partial charge >= 0.3 is 0 Å². The fourth-order valence-corrected chi connectivity index (χ4v) is 3.31. The highest BCUT2D eigenvalue weighted by atomic mass is 35.5. The van der Waals surface area contributed by atoms with Gasteiger partial charge in [0.15, 0.2) is 0 Å². The predicted octanol–water partition coefficient (Wildman–Crippen LogP) is 2.24. The molecule has 1 atom stereocenters. The number of piperazine rings is 1. The van der Waals surface area contributed by atoms with E-state index in [0.29, 0.717) is 0 Å². The number of nitrogens with zero attached hydrogens (tertiary/aromatic N) is 1. The first-order chi connectivity index (χ1) is 9.10. The lowest BCUT2D eigenvalue weighted by molar-refractivity contribution is -0.144. The molecule has 1 saturated heterocycles. The molecule has 1 spiro atoms. The number of amides is 1. The fraction of sp³-hybridized carbons (Fsp3) is 0.533. The second-order valence-corrected chi connectivity index (χ2v) is 6.20. The highest BCUT2D eigenvalue weighted by Crippen LogP contribution is 2.39. The van der Waals surface area contributed by atoms with Crippen molar-refractivity contribution in [3.63, 3.8) is 0 Å². The number of nitrogens with one attached hydrogen (secondary N) is 1. The number of hydrogen-bond acceptors (Lipinski definition) is 2. The summed E-state index contributed by atoms with van der Waals surface area (Å²) in [6.07, 6.45) is 4.04. The molecule has 1 aliphatic carbocycles. The van der Waals surface area contributed by atoms with Crippen molar-refractivity contribution in [2.75, 3.05) is 13.6 Å². The minimum atomic E-state index is -0.198. The maximum atomic E-state index is 12.3. The number of hydrogen-bond donors (Lipinski definition) is 1. The quantitative estimate of drug-likeness (QED) is 0.900. The molecule has 0 aromatic heterocycles. The van der Waals surface area contributed by atoms with Gasteiger partial charge in [0.05, 0.1) is 0 Å². The molecule has 1 saturated carbocycles. The fourth-order valence-electron chi connectivity index (χ4n) is 3.19. The summed E-state index contributed by atoms with van der Waals surface area (Å²) in [7, 11) is 2.08. The zero-order chi connectivity index (χ0) is 13.5. The van der Waals surface area contributed by atoms with Crippen LogP contribution in [0.3, 0.4) is 0 Å². The first-order valence-corrected chi connectivity index (χ1v) is 7.25. The van der Waals surface area contributed by atoms with E-state index in [1.807, 2.05) is 24.3 Å². The van der Waals surface area contributed by atoms with Gasteiger partial charge in [-0.2, -0.15) is 0 Å². The van der Waals surface area contributed by atoms with Crippen LogP contribution in [-0.2, 0) is 11.2 Å². The molecule has 0 unspecified atom stereocenters. The highest BCUT2D eigenvalue weighted by molar-refractivity contribution is 6.30. The number of likely N-dealkylation sites (N-methyl/N-ethyl adjacent to an activating group) is 1. The molecule has 0 bridgehead atoms. The molecular formula is C15H19ClN2O. The van der Waals surface area contributed by atoms with Crippen LogP contribution in [0.1, 0.15) is 24.8 Å². The van der Waals surface area contributed by atoms with Crippen LogP contribution in [0.5, 0.6) is 0 Å². The van der Waals surface area contributed by atoms with E-state index in [0.717, 1.165) is 30.8 Å². The Morgan fingerprint density at radius 1 is 1.37 bits per heavy atom. The number of benzene rings is 1. The average Bonchev–Trinajstić information content (AvgIpc) is 2.29. The molecule has 4 heteroatoms. The third kappa shape index (κ3) is 2.26. The Labute approximate surface area is 118 Å². The van der Waals surface area contributed by atoms with Gasteiger partial charge < -0.3 is 5.32 Å². The van der Waals surface area contributed by atoms with Gasteiger partial charge in [0.1, 0.15) is 5.54 Å². The minimum Gasteiger partial charge on any atom is -0.350 e. The Kier molecular flexibility index (Phi) is 3.27. The number of rotatable bonds is 2. The second kappa shape index (κ2) is 4.80. The van der Waals surface area contributed by atoms with Crippen molar-refractivity contribution >= 4 is 17.5 Å². The summed E-state index contributed by atoms with van der Waals surface area (Å²) in [5.74, 6) is 0.214. The van der Waals surface area contributed by atoms with Crippen molar-refractivity contribution in [1.29, 1.82) is 0 Å². The van der Waals surface area contributed by atoms with E-state index in [1.54, 1.807) is 0 Å². The van der Waals surface area contributed by atoms with Gasteiger partial charge in [0, 0.05) is 17.6 Å². The van der Waals surface area contributed by atoms with Gasteiger partial charge in [0.2, 0.25) is 5.91 Å². The van der Waals surface area contributed by atoms with Gasteiger partial charge in [-0.15, -0.1) is 0 Å². The van der Waals surface area contributed by atoms with Gasteiger partial charge in [-0.05, 0) is 50.4 Å². The summed E-state index contributed by atoms with van der Waals surface area (Å²) in [5, 5.41) is 3.94. The lowest BCUT2D eigenvalue weighted by Gasteiger charge is -2.52. The molecule has 1 heterocycles. The molecule has 1 aromatic carbocycles. The van der Waals surface area contributed by atoms with Crippen LogP contribution >= 0.6 is 11.6 Å². The van der Waals surface area contributed by atoms with Gasteiger partial charge in [-0.1, -0.05) is 23.7 Å². The third-order valence-corrected chi connectivity index (χ3v) is 4.81. The van der Waals surface area contributed by atoms with Crippen LogP contribution in [0, 0.1) is 0 Å². The van der Waals surface area contributed by atoms with Crippen LogP contribution < -0.4 is 5.32 Å². The predicted molar refractivity (Wildman–Crippen MR) is 76.3 cm³/mol. The van der Waals surface area contributed by atoms with Crippen LogP contribution in [0.25, 0.3) is 0 Å². The zero-order valence-electron chi connectivity index (χ0n) is 11.2. The van der Waals surface area contributed by atoms with Crippen molar-refractivity contribution in [1.82, 2.24) is 10.2 Å². The number of carbonyl (C=O) groups excluding carboxylic acids is 1. The smallest absolute Gasteiger partial charge is 0.240 e. The van der Waals surface area contributed by atoms with Crippen LogP contribution in [0.2, 0.25) is 5.02 Å². The summed E-state index contributed by atoms with van der Waals surface area (Å²) in [6.45, 7) is 0.925. The van der Waals surface area contributed by atoms with E-state index in [-0.39, 0.29) is 17.5 Å². The van der Waals surface area contributed by atoms with E-state index in [4.69, 9.17) is 11.6 Å². The van der Waals surface area contributed by atoms with Gasteiger partial charge in [-0.25, -0.2) is 0 Å². The molecule has 102 valence electrons. The summed E-state index contributed by atoms with van der Waals surface area (Å²) >= 11 is 5.89. The van der Waals surface area contributed by atoms with E-state index >= 15 is 0 Å². The first-order valence-electron chi connectivity index (χ1n) is 6.87. The minimum absolute atomic E-state index is 0.198. The second-order valence-electron chi connectivity index (χ2n) is 5.77. The third-order valence-electron chi connectivity index (χ3n) is 4.56. The van der Waals surface area contributed by atoms with Crippen molar-refractivity contribution in [3.05, 3.63) is 34.9 Å². The Morgan fingerprint density at radius 3 is 2.58 bits per heavy atom. The monoisotopic (exact) mass is 278 g/mol. The highest BCUT2D eigenvalue weighted by Gasteiger charge is 2.50. The molecule has 19 heavy (non-hydrogen) atoms. The molecule has 1 aromatic rings. The van der Waals surface area contributed by atoms with E-state index in [1.165, 1.54) is 12.0 Å². The summed E-state index contributed by atoms with van der Waals surface area (Å²) in [6, 6.07) is 8.06.